The Morgan fingerprint density at radius 1 is 0.536 bits per heavy atom. The number of carbonyl (C=O) groups is 11. The Bertz CT molecular complexity index is 3950. The van der Waals surface area contributed by atoms with E-state index in [-0.39, 0.29) is 107 Å². The van der Waals surface area contributed by atoms with E-state index >= 15 is 9.59 Å². The third-order valence-electron chi connectivity index (χ3n) is 18.3. The molecular weight excluding hydrogens is 1430 g/mol. The minimum Gasteiger partial charge on any atom is -0.508 e. The quantitative estimate of drug-likeness (QED) is 0.0150. The number of phenolic OH excluding ortho intramolecular Hbond substituents is 1. The summed E-state index contributed by atoms with van der Waals surface area (Å²) in [5, 5.41) is 54.0. The molecule has 1 saturated heterocycles. The van der Waals surface area contributed by atoms with Gasteiger partial charge in [0, 0.05) is 82.7 Å². The predicted molar refractivity (Wildman–Crippen MR) is 419 cm³/mol. The summed E-state index contributed by atoms with van der Waals surface area (Å²) < 4.78 is 0. The molecule has 0 bridgehead atoms. The number of guanidine groups is 2. The van der Waals surface area contributed by atoms with Crippen molar-refractivity contribution in [2.24, 2.45) is 33.1 Å². The van der Waals surface area contributed by atoms with Gasteiger partial charge in [-0.3, -0.25) is 67.7 Å². The number of unbranched alkanes of at least 4 members (excludes halogenated alkanes) is 2. The van der Waals surface area contributed by atoms with Crippen molar-refractivity contribution < 1.29 is 63.0 Å². The van der Waals surface area contributed by atoms with Crippen LogP contribution in [-0.2, 0) is 78.4 Å². The fourth-order valence-corrected chi connectivity index (χ4v) is 12.4. The van der Waals surface area contributed by atoms with E-state index in [1.807, 2.05) is 70.2 Å². The number of amides is 11. The van der Waals surface area contributed by atoms with E-state index in [2.05, 4.69) is 73.5 Å². The number of nitrogens with two attached hydrogens (primary N) is 3. The zero-order valence-electron chi connectivity index (χ0n) is 63.5. The number of aliphatic imine (C=N–C) groups is 2. The number of hydrogen-bond acceptors (Lipinski definition) is 16. The number of nitrogens with one attached hydrogen (secondary N) is 11. The van der Waals surface area contributed by atoms with E-state index in [0.717, 1.165) is 36.5 Å². The molecule has 110 heavy (non-hydrogen) atoms. The van der Waals surface area contributed by atoms with Crippen molar-refractivity contribution in [1.82, 2.24) is 68.4 Å². The third kappa shape index (κ3) is 29.9. The van der Waals surface area contributed by atoms with Crippen molar-refractivity contribution in [3.05, 3.63) is 143 Å². The van der Waals surface area contributed by atoms with Crippen LogP contribution in [0.15, 0.2) is 126 Å². The fraction of sp³-hybridized carbons (Fsp3) is 0.487. The summed E-state index contributed by atoms with van der Waals surface area (Å²) in [5.41, 5.74) is 19.9. The molecule has 596 valence electrons. The predicted octanol–water partition coefficient (Wildman–Crippen LogP) is 1.75. The molecule has 5 aromatic rings. The number of hydrogen-bond donors (Lipinski definition) is 16. The number of pyridine rings is 1. The first-order valence-corrected chi connectivity index (χ1v) is 37.9. The molecule has 0 unspecified atom stereocenters. The van der Waals surface area contributed by atoms with Crippen molar-refractivity contribution >= 4 is 99.3 Å². The lowest BCUT2D eigenvalue weighted by atomic mass is 9.99. The summed E-state index contributed by atoms with van der Waals surface area (Å²) in [6.07, 6.45) is 6.69. The SMILES string of the molecule is CCCCNC(N)=NCCC[C@H](NC(=O)[C@H](CC(C)C)NC(=O)[C@@H](CCCN=C(N)NCCCC)NC(=O)[C@H](Cc1ccc(O)cc1)NC(=O)[C@H](CO)NC(=O)[C@@H](Cc1cccnc1)NC(=O)[C@@H](Cc1ccc(Cl)cc1)NC(=O)[C@@H](Cc1ccc2ccccc2c1)NC(C)=O)C(=O)N1CCC[C@H]1C(=O)N[C@H](C)C(N)=O. The van der Waals surface area contributed by atoms with Crippen LogP contribution in [0.5, 0.6) is 5.75 Å². The van der Waals surface area contributed by atoms with Gasteiger partial charge in [-0.25, -0.2) is 0 Å². The molecule has 1 aromatic heterocycles. The van der Waals surface area contributed by atoms with Gasteiger partial charge in [0.25, 0.3) is 0 Å². The van der Waals surface area contributed by atoms with Crippen molar-refractivity contribution in [1.29, 1.82) is 0 Å². The van der Waals surface area contributed by atoms with Gasteiger partial charge in [-0.15, -0.1) is 0 Å². The first-order valence-electron chi connectivity index (χ1n) is 37.5. The lowest BCUT2D eigenvalue weighted by molar-refractivity contribution is -0.142. The minimum atomic E-state index is -1.83. The third-order valence-corrected chi connectivity index (χ3v) is 18.6. The van der Waals surface area contributed by atoms with Gasteiger partial charge in [-0.2, -0.15) is 0 Å². The van der Waals surface area contributed by atoms with Crippen molar-refractivity contribution in [3.8, 4) is 5.75 Å². The van der Waals surface area contributed by atoms with Crippen LogP contribution in [0.1, 0.15) is 134 Å². The molecule has 10 atom stereocenters. The van der Waals surface area contributed by atoms with E-state index in [9.17, 15) is 53.4 Å². The first kappa shape index (κ1) is 88.0. The van der Waals surface area contributed by atoms with Crippen LogP contribution >= 0.6 is 11.6 Å². The highest BCUT2D eigenvalue weighted by molar-refractivity contribution is 6.30. The molecule has 19 N–H and O–H groups in total. The molecule has 0 spiro atoms. The maximum Gasteiger partial charge on any atom is 0.245 e. The molecule has 1 aliphatic heterocycles. The average molecular weight is 1540 g/mol. The van der Waals surface area contributed by atoms with Gasteiger partial charge in [0.1, 0.15) is 66.2 Å². The molecule has 0 radical (unpaired) electrons. The second kappa shape index (κ2) is 45.8. The summed E-state index contributed by atoms with van der Waals surface area (Å²) in [7, 11) is 0. The van der Waals surface area contributed by atoms with Crippen molar-refractivity contribution in [2.45, 2.75) is 198 Å². The zero-order chi connectivity index (χ0) is 80.2. The molecular formula is C78H109ClN18O13. The lowest BCUT2D eigenvalue weighted by Crippen LogP contribution is -2.61. The number of carbonyl (C=O) groups excluding carboxylic acids is 11. The van der Waals surface area contributed by atoms with E-state index < -0.39 is 132 Å². The largest absolute Gasteiger partial charge is 0.508 e. The second-order valence-electron chi connectivity index (χ2n) is 27.8. The molecule has 4 aromatic carbocycles. The Hall–Kier alpha value is -11.0. The van der Waals surface area contributed by atoms with E-state index in [1.54, 1.807) is 36.4 Å². The Balaban J connectivity index is 1.28. The Morgan fingerprint density at radius 3 is 1.53 bits per heavy atom. The molecule has 1 fully saturated rings. The van der Waals surface area contributed by atoms with Crippen LogP contribution in [0.3, 0.4) is 0 Å². The number of rotatable bonds is 44. The summed E-state index contributed by atoms with van der Waals surface area (Å²) in [5.74, 6) is -8.86. The molecule has 0 saturated carbocycles. The number of likely N-dealkylation sites (tertiary alicyclic amines) is 1. The highest BCUT2D eigenvalue weighted by atomic mass is 35.5. The van der Waals surface area contributed by atoms with Crippen molar-refractivity contribution in [3.63, 3.8) is 0 Å². The monoisotopic (exact) mass is 1540 g/mol. The van der Waals surface area contributed by atoms with Gasteiger partial charge in [0.2, 0.25) is 65.0 Å². The number of phenols is 1. The molecule has 2 heterocycles. The number of nitrogens with zero attached hydrogens (tertiary/aromatic N) is 4. The molecule has 32 heteroatoms. The van der Waals surface area contributed by atoms with Gasteiger partial charge in [0.05, 0.1) is 6.61 Å². The standard InChI is InChI=1S/C78H109ClN18O13/c1-7-9-34-84-77(81)86-36-14-20-58(68(102)92-60(39-47(3)4)69(103)91-59(21-15-37-87-78(82)85-35-10-8-2)76(110)97-38-16-22-66(97)75(109)88-48(5)67(80)101)90-71(105)62(42-51-26-31-57(100)32-27-51)95-74(108)65(46-98)96-73(107)64(44-53-17-13-33-83-45-53)94-72(106)63(41-50-24-29-56(79)30-25-50)93-70(104)61(89-49(6)99)43-52-23-28-54-18-11-12-19-55(54)40-52/h11-13,17-19,23-33,40,45,47-48,58-66,98,100H,7-10,14-16,20-22,34-39,41-44,46H2,1-6H3,(H2,80,101)(H,88,109)(H,89,99)(H,90,105)(H,91,103)(H,92,102)(H,93,104)(H,94,106)(H,95,108)(H,96,107)(H3,81,84,86)(H3,82,85,87)/t48-,58-,59+,60+,61-,62+,63-,64-,65+,66+/m1/s1. The second-order valence-corrected chi connectivity index (χ2v) is 28.3. The lowest BCUT2D eigenvalue weighted by Gasteiger charge is -2.31. The molecule has 1 aliphatic rings. The van der Waals surface area contributed by atoms with Crippen LogP contribution in [0.4, 0.5) is 0 Å². The number of fused-ring (bicyclic) bond motifs is 1. The Morgan fingerprint density at radius 2 is 1.00 bits per heavy atom. The number of halogens is 1. The van der Waals surface area contributed by atoms with E-state index in [0.29, 0.717) is 46.8 Å². The van der Waals surface area contributed by atoms with Crippen LogP contribution in [0.2, 0.25) is 5.02 Å². The highest BCUT2D eigenvalue weighted by Gasteiger charge is 2.40. The number of aromatic hydroxyl groups is 1. The van der Waals surface area contributed by atoms with Gasteiger partial charge < -0.3 is 90.8 Å². The van der Waals surface area contributed by atoms with E-state index in [4.69, 9.17) is 28.8 Å². The smallest absolute Gasteiger partial charge is 0.245 e. The number of aliphatic hydroxyl groups is 1. The summed E-state index contributed by atoms with van der Waals surface area (Å²) >= 11 is 6.26. The summed E-state index contributed by atoms with van der Waals surface area (Å²) in [4.78, 5) is 171. The van der Waals surface area contributed by atoms with Gasteiger partial charge in [-0.1, -0.05) is 125 Å². The molecule has 31 nitrogen and oxygen atoms in total. The fourth-order valence-electron chi connectivity index (χ4n) is 12.3. The molecule has 11 amide bonds. The summed E-state index contributed by atoms with van der Waals surface area (Å²) in [6.45, 7) is 10.8. The topological polar surface area (TPSA) is 479 Å². The molecule has 0 aliphatic carbocycles. The van der Waals surface area contributed by atoms with Crippen LogP contribution < -0.4 is 75.7 Å². The Kier molecular flexibility index (Phi) is 36.6. The minimum absolute atomic E-state index is 0.0134. The first-order chi connectivity index (χ1) is 52.6. The maximum absolute atomic E-state index is 15.1. The number of benzene rings is 4. The van der Waals surface area contributed by atoms with Crippen LogP contribution in [0.25, 0.3) is 10.8 Å². The van der Waals surface area contributed by atoms with E-state index in [1.165, 1.54) is 55.4 Å². The number of aromatic nitrogens is 1. The summed E-state index contributed by atoms with van der Waals surface area (Å²) in [6, 6.07) is 14.9. The molecule has 6 rings (SSSR count). The average Bonchev–Trinajstić information content (AvgIpc) is 1.68. The Labute approximate surface area is 646 Å². The van der Waals surface area contributed by atoms with Crippen molar-refractivity contribution in [2.75, 3.05) is 39.3 Å². The zero-order valence-corrected chi connectivity index (χ0v) is 64.2. The van der Waals surface area contributed by atoms with Gasteiger partial charge in [-0.05, 0) is 134 Å². The highest BCUT2D eigenvalue weighted by Crippen LogP contribution is 2.23. The normalized spacial score (nSPS) is 15.4. The van der Waals surface area contributed by atoms with Gasteiger partial charge in [0.15, 0.2) is 11.9 Å². The van der Waals surface area contributed by atoms with Crippen LogP contribution in [-0.4, -0.2) is 197 Å². The number of primary amides is 1. The number of aliphatic hydroxyl groups excluding tert-OH is 1. The maximum atomic E-state index is 15.1. The van der Waals surface area contributed by atoms with Gasteiger partial charge >= 0.3 is 0 Å². The van der Waals surface area contributed by atoms with Crippen LogP contribution in [0, 0.1) is 5.92 Å².